The first-order valence-corrected chi connectivity index (χ1v) is 12.0. The molecule has 0 atom stereocenters. The summed E-state index contributed by atoms with van der Waals surface area (Å²) in [5.41, 5.74) is 5.92. The topological polar surface area (TPSA) is 12.0 Å². The Morgan fingerprint density at radius 3 is 2.29 bits per heavy atom. The van der Waals surface area contributed by atoms with Crippen molar-refractivity contribution in [2.75, 3.05) is 5.32 Å². The maximum atomic E-state index is 8.53. The molecule has 0 spiro atoms. The van der Waals surface area contributed by atoms with Crippen LogP contribution in [0.1, 0.15) is 58.0 Å². The van der Waals surface area contributed by atoms with Gasteiger partial charge in [-0.15, -0.1) is 0 Å². The van der Waals surface area contributed by atoms with Crippen LogP contribution in [0.15, 0.2) is 97.1 Å². The maximum absolute atomic E-state index is 8.53. The van der Waals surface area contributed by atoms with E-state index in [9.17, 15) is 0 Å². The van der Waals surface area contributed by atoms with Crippen molar-refractivity contribution in [1.82, 2.24) is 0 Å². The lowest BCUT2D eigenvalue weighted by Gasteiger charge is -2.25. The Balaban J connectivity index is 1.41. The Morgan fingerprint density at radius 1 is 0.629 bits per heavy atom. The quantitative estimate of drug-likeness (QED) is 0.278. The van der Waals surface area contributed by atoms with Crippen LogP contribution in [0, 0.1) is 0 Å². The SMILES string of the molecule is [2H]C([2H])([2H])C1(C([2H])([2H])[2H])c2ccccc2-c2ccc(Nc3cccc4c3C(C)(C)c3ccc5ccccc5c3-4)cc21. The highest BCUT2D eigenvalue weighted by molar-refractivity contribution is 6.03. The van der Waals surface area contributed by atoms with Gasteiger partial charge in [0, 0.05) is 30.4 Å². The zero-order chi connectivity index (χ0) is 28.9. The van der Waals surface area contributed by atoms with Crippen molar-refractivity contribution in [3.63, 3.8) is 0 Å². The number of hydrogen-bond acceptors (Lipinski definition) is 1. The Kier molecular flexibility index (Phi) is 2.98. The zero-order valence-electron chi connectivity index (χ0n) is 25.7. The predicted octanol–water partition coefficient (Wildman–Crippen LogP) is 9.20. The number of fused-ring (bicyclic) bond motifs is 8. The van der Waals surface area contributed by atoms with Crippen LogP contribution in [0.5, 0.6) is 0 Å². The van der Waals surface area contributed by atoms with Gasteiger partial charge in [0.05, 0.1) is 0 Å². The summed E-state index contributed by atoms with van der Waals surface area (Å²) in [6.45, 7) is -1.13. The van der Waals surface area contributed by atoms with Crippen LogP contribution in [0.25, 0.3) is 33.0 Å². The number of benzene rings is 5. The lowest BCUT2D eigenvalue weighted by Crippen LogP contribution is -2.17. The average molecular weight is 458 g/mol. The molecule has 5 aromatic rings. The van der Waals surface area contributed by atoms with Crippen LogP contribution < -0.4 is 5.32 Å². The molecule has 1 N–H and O–H groups in total. The summed E-state index contributed by atoms with van der Waals surface area (Å²) in [6, 6.07) is 31.5. The minimum atomic E-state index is -2.79. The molecule has 35 heavy (non-hydrogen) atoms. The van der Waals surface area contributed by atoms with Crippen LogP contribution in [-0.4, -0.2) is 0 Å². The summed E-state index contributed by atoms with van der Waals surface area (Å²) in [4.78, 5) is 0. The zero-order valence-corrected chi connectivity index (χ0v) is 19.7. The molecule has 0 heterocycles. The Bertz CT molecular complexity index is 1870. The molecule has 2 aliphatic rings. The molecule has 0 saturated heterocycles. The smallest absolute Gasteiger partial charge is 0.0431 e. The molecule has 0 aromatic heterocycles. The lowest BCUT2D eigenvalue weighted by atomic mass is 9.81. The normalized spacial score (nSPS) is 19.1. The summed E-state index contributed by atoms with van der Waals surface area (Å²) in [5, 5.41) is 5.98. The third-order valence-electron chi connectivity index (χ3n) is 7.88. The van der Waals surface area contributed by atoms with Crippen molar-refractivity contribution in [3.8, 4) is 22.3 Å². The van der Waals surface area contributed by atoms with E-state index < -0.39 is 19.1 Å². The number of hydrogen-bond donors (Lipinski definition) is 1. The fourth-order valence-corrected chi connectivity index (χ4v) is 6.27. The second-order valence-corrected chi connectivity index (χ2v) is 10.2. The van der Waals surface area contributed by atoms with E-state index in [0.29, 0.717) is 27.9 Å². The van der Waals surface area contributed by atoms with E-state index in [2.05, 4.69) is 61.6 Å². The molecule has 2 aliphatic carbocycles. The third-order valence-corrected chi connectivity index (χ3v) is 7.88. The van der Waals surface area contributed by atoms with Gasteiger partial charge >= 0.3 is 0 Å². The molecule has 0 radical (unpaired) electrons. The summed E-state index contributed by atoms with van der Waals surface area (Å²) in [7, 11) is 0. The van der Waals surface area contributed by atoms with Crippen molar-refractivity contribution in [3.05, 3.63) is 119 Å². The predicted molar refractivity (Wildman–Crippen MR) is 149 cm³/mol. The standard InChI is InChI=1S/C34H29N/c1-33(2)27-14-8-7-12-24(27)25-18-17-22(20-29(25)33)35-30-15-9-13-26-31-23-11-6-5-10-21(23)16-19-28(31)34(3,4)32(26)30/h5-20,35H,1-4H3/i1D3,2D3. The number of nitrogens with one attached hydrogen (secondary N) is 1. The van der Waals surface area contributed by atoms with E-state index in [1.54, 1.807) is 18.2 Å². The summed E-state index contributed by atoms with van der Waals surface area (Å²) >= 11 is 0. The van der Waals surface area contributed by atoms with Gasteiger partial charge < -0.3 is 5.32 Å². The minimum Gasteiger partial charge on any atom is -0.355 e. The minimum absolute atomic E-state index is 0.285. The van der Waals surface area contributed by atoms with E-state index in [4.69, 9.17) is 8.22 Å². The van der Waals surface area contributed by atoms with Crippen LogP contribution in [0.3, 0.4) is 0 Å². The van der Waals surface area contributed by atoms with Gasteiger partial charge in [0.1, 0.15) is 0 Å². The Hall–Kier alpha value is -3.84. The van der Waals surface area contributed by atoms with E-state index >= 15 is 0 Å². The van der Waals surface area contributed by atoms with Gasteiger partial charge in [0.25, 0.3) is 0 Å². The molecule has 0 unspecified atom stereocenters. The van der Waals surface area contributed by atoms with Crippen LogP contribution in [0.4, 0.5) is 11.4 Å². The molecule has 5 aromatic carbocycles. The first-order valence-electron chi connectivity index (χ1n) is 15.0. The van der Waals surface area contributed by atoms with Crippen LogP contribution >= 0.6 is 0 Å². The molecule has 0 saturated carbocycles. The highest BCUT2D eigenvalue weighted by Crippen LogP contribution is 2.54. The van der Waals surface area contributed by atoms with Crippen molar-refractivity contribution in [1.29, 1.82) is 0 Å². The molecule has 1 nitrogen and oxygen atoms in total. The third kappa shape index (κ3) is 2.70. The van der Waals surface area contributed by atoms with Gasteiger partial charge in [0.2, 0.25) is 0 Å². The Morgan fingerprint density at radius 2 is 1.40 bits per heavy atom. The van der Waals surface area contributed by atoms with E-state index in [1.165, 1.54) is 27.5 Å². The molecular formula is C34H29N. The van der Waals surface area contributed by atoms with Crippen molar-refractivity contribution >= 4 is 22.1 Å². The number of anilines is 2. The van der Waals surface area contributed by atoms with Crippen molar-refractivity contribution in [2.45, 2.75) is 38.4 Å². The first-order chi connectivity index (χ1) is 19.4. The van der Waals surface area contributed by atoms with E-state index in [-0.39, 0.29) is 5.41 Å². The summed E-state index contributed by atoms with van der Waals surface area (Å²) < 4.78 is 51.2. The van der Waals surface area contributed by atoms with Crippen molar-refractivity contribution in [2.24, 2.45) is 0 Å². The van der Waals surface area contributed by atoms with Gasteiger partial charge in [-0.05, 0) is 73.5 Å². The van der Waals surface area contributed by atoms with Gasteiger partial charge in [-0.1, -0.05) is 106 Å². The van der Waals surface area contributed by atoms with Crippen LogP contribution in [0.2, 0.25) is 0 Å². The fourth-order valence-electron chi connectivity index (χ4n) is 6.27. The lowest BCUT2D eigenvalue weighted by molar-refractivity contribution is 0.660. The summed E-state index contributed by atoms with van der Waals surface area (Å²) in [6.07, 6.45) is 0. The highest BCUT2D eigenvalue weighted by Gasteiger charge is 2.39. The van der Waals surface area contributed by atoms with Crippen molar-refractivity contribution < 1.29 is 8.22 Å². The van der Waals surface area contributed by atoms with Crippen LogP contribution in [-0.2, 0) is 10.8 Å². The molecular weight excluding hydrogens is 422 g/mol. The van der Waals surface area contributed by atoms with Gasteiger partial charge in [-0.25, -0.2) is 0 Å². The highest BCUT2D eigenvalue weighted by atomic mass is 14.9. The average Bonchev–Trinajstić information content (AvgIpc) is 3.35. The second kappa shape index (κ2) is 6.86. The number of rotatable bonds is 2. The maximum Gasteiger partial charge on any atom is 0.0431 e. The summed E-state index contributed by atoms with van der Waals surface area (Å²) in [5.74, 6) is 0. The molecule has 0 fully saturated rings. The van der Waals surface area contributed by atoms with Gasteiger partial charge in [0.15, 0.2) is 0 Å². The molecule has 0 aliphatic heterocycles. The first kappa shape index (κ1) is 15.2. The molecule has 1 heteroatoms. The van der Waals surface area contributed by atoms with E-state index in [0.717, 1.165) is 11.3 Å². The molecule has 0 bridgehead atoms. The molecule has 7 rings (SSSR count). The largest absolute Gasteiger partial charge is 0.355 e. The van der Waals surface area contributed by atoms with E-state index in [1.807, 2.05) is 36.4 Å². The molecule has 0 amide bonds. The Labute approximate surface area is 215 Å². The van der Waals surface area contributed by atoms with Gasteiger partial charge in [-0.3, -0.25) is 0 Å². The monoisotopic (exact) mass is 457 g/mol. The molecule has 170 valence electrons. The fraction of sp³-hybridized carbons (Fsp3) is 0.176. The second-order valence-electron chi connectivity index (χ2n) is 10.2. The van der Waals surface area contributed by atoms with Gasteiger partial charge in [-0.2, -0.15) is 0 Å².